The number of carbonyl (C=O) groups is 1. The number of rotatable bonds is 2. The molecule has 1 aromatic rings. The average Bonchev–Trinajstić information content (AvgIpc) is 2.04. The molecule has 0 saturated heterocycles. The Kier molecular flexibility index (Phi) is 3.71. The number of alkyl halides is 1. The summed E-state index contributed by atoms with van der Waals surface area (Å²) in [7, 11) is 0. The van der Waals surface area contributed by atoms with Crippen LogP contribution in [0.25, 0.3) is 0 Å². The topological polar surface area (TPSA) is 17.1 Å². The summed E-state index contributed by atoms with van der Waals surface area (Å²) in [6.45, 7) is 1.84. The normalized spacial score (nSPS) is 12.6. The number of hydrogen-bond donors (Lipinski definition) is 0. The fourth-order valence-electron chi connectivity index (χ4n) is 0.875. The third kappa shape index (κ3) is 2.29. The van der Waals surface area contributed by atoms with Gasteiger partial charge in [-0.05, 0) is 35.6 Å². The molecule has 12 heavy (non-hydrogen) atoms. The highest BCUT2D eigenvalue weighted by atomic mass is 127. The molecule has 0 N–H and O–H groups in total. The van der Waals surface area contributed by atoms with Crippen molar-refractivity contribution in [3.8, 4) is 0 Å². The van der Waals surface area contributed by atoms with Crippen LogP contribution in [0.4, 0.5) is 0 Å². The van der Waals surface area contributed by atoms with Crippen LogP contribution in [0.15, 0.2) is 24.3 Å². The maximum Gasteiger partial charge on any atom is 0.177 e. The van der Waals surface area contributed by atoms with E-state index < -0.39 is 0 Å². The Morgan fingerprint density at radius 2 is 2.08 bits per heavy atom. The molecule has 0 fully saturated rings. The largest absolute Gasteiger partial charge is 0.293 e. The van der Waals surface area contributed by atoms with Gasteiger partial charge in [-0.2, -0.15) is 0 Å². The standard InChI is InChI=1S/C9H8BrIO/c1-6(10)9(12)7-4-2-3-5-8(7)11/h2-6H,1H3. The lowest BCUT2D eigenvalue weighted by Crippen LogP contribution is -2.11. The Balaban J connectivity index is 3.03. The lowest BCUT2D eigenvalue weighted by molar-refractivity contribution is 0.0995. The fourth-order valence-corrected chi connectivity index (χ4v) is 1.78. The molecular formula is C9H8BrIO. The molecule has 0 spiro atoms. The van der Waals surface area contributed by atoms with Crippen molar-refractivity contribution in [2.24, 2.45) is 0 Å². The molecular weight excluding hydrogens is 331 g/mol. The lowest BCUT2D eigenvalue weighted by atomic mass is 10.1. The zero-order valence-electron chi connectivity index (χ0n) is 6.55. The van der Waals surface area contributed by atoms with Crippen LogP contribution in [0, 0.1) is 3.57 Å². The van der Waals surface area contributed by atoms with Crippen molar-refractivity contribution in [1.29, 1.82) is 0 Å². The fraction of sp³-hybridized carbons (Fsp3) is 0.222. The van der Waals surface area contributed by atoms with Gasteiger partial charge in [0, 0.05) is 9.13 Å². The van der Waals surface area contributed by atoms with Gasteiger partial charge >= 0.3 is 0 Å². The first kappa shape index (κ1) is 10.2. The second kappa shape index (κ2) is 4.37. The molecule has 0 aliphatic carbocycles. The quantitative estimate of drug-likeness (QED) is 0.459. The molecule has 0 radical (unpaired) electrons. The molecule has 0 aromatic heterocycles. The molecule has 0 heterocycles. The highest BCUT2D eigenvalue weighted by Crippen LogP contribution is 2.16. The van der Waals surface area contributed by atoms with E-state index in [1.165, 1.54) is 0 Å². The Hall–Kier alpha value is 0.100. The van der Waals surface area contributed by atoms with Gasteiger partial charge in [-0.1, -0.05) is 34.1 Å². The summed E-state index contributed by atoms with van der Waals surface area (Å²) in [6.07, 6.45) is 0. The predicted octanol–water partition coefficient (Wildman–Crippen LogP) is 3.26. The highest BCUT2D eigenvalue weighted by Gasteiger charge is 2.13. The zero-order valence-corrected chi connectivity index (χ0v) is 10.3. The van der Waals surface area contributed by atoms with Gasteiger partial charge in [0.15, 0.2) is 5.78 Å². The van der Waals surface area contributed by atoms with Crippen LogP contribution in [0.2, 0.25) is 0 Å². The second-order valence-corrected chi connectivity index (χ2v) is 5.00. The number of benzene rings is 1. The number of halogens is 2. The maximum atomic E-state index is 11.5. The molecule has 0 amide bonds. The van der Waals surface area contributed by atoms with E-state index in [0.717, 1.165) is 9.13 Å². The van der Waals surface area contributed by atoms with Gasteiger partial charge in [0.2, 0.25) is 0 Å². The molecule has 1 nitrogen and oxygen atoms in total. The van der Waals surface area contributed by atoms with Crippen LogP contribution >= 0.6 is 38.5 Å². The minimum atomic E-state index is -0.103. The van der Waals surface area contributed by atoms with E-state index in [1.54, 1.807) is 0 Å². The number of hydrogen-bond acceptors (Lipinski definition) is 1. The van der Waals surface area contributed by atoms with Gasteiger partial charge in [0.25, 0.3) is 0 Å². The number of Topliss-reactive ketones (excluding diaryl/α,β-unsaturated/α-hetero) is 1. The van der Waals surface area contributed by atoms with Gasteiger partial charge in [0.05, 0.1) is 4.83 Å². The van der Waals surface area contributed by atoms with Crippen molar-refractivity contribution in [2.75, 3.05) is 0 Å². The Bertz CT molecular complexity index is 296. The summed E-state index contributed by atoms with van der Waals surface area (Å²) >= 11 is 5.43. The van der Waals surface area contributed by atoms with E-state index in [9.17, 15) is 4.79 Å². The van der Waals surface area contributed by atoms with Gasteiger partial charge < -0.3 is 0 Å². The third-order valence-electron chi connectivity index (χ3n) is 1.50. The molecule has 0 bridgehead atoms. The molecule has 1 aromatic carbocycles. The number of ketones is 1. The monoisotopic (exact) mass is 338 g/mol. The first-order valence-electron chi connectivity index (χ1n) is 3.55. The van der Waals surface area contributed by atoms with Crippen LogP contribution in [0.3, 0.4) is 0 Å². The van der Waals surface area contributed by atoms with E-state index in [4.69, 9.17) is 0 Å². The number of carbonyl (C=O) groups excluding carboxylic acids is 1. The molecule has 0 saturated carbocycles. The summed E-state index contributed by atoms with van der Waals surface area (Å²) in [5.41, 5.74) is 0.794. The van der Waals surface area contributed by atoms with Crippen LogP contribution in [0.1, 0.15) is 17.3 Å². The predicted molar refractivity (Wildman–Crippen MR) is 61.9 cm³/mol. The van der Waals surface area contributed by atoms with E-state index >= 15 is 0 Å². The van der Waals surface area contributed by atoms with Crippen molar-refractivity contribution in [3.05, 3.63) is 33.4 Å². The Morgan fingerprint density at radius 1 is 1.50 bits per heavy atom. The lowest BCUT2D eigenvalue weighted by Gasteiger charge is -2.04. The molecule has 0 aliphatic heterocycles. The minimum absolute atomic E-state index is 0.103. The molecule has 0 aliphatic rings. The van der Waals surface area contributed by atoms with E-state index in [2.05, 4.69) is 38.5 Å². The maximum absolute atomic E-state index is 11.5. The first-order chi connectivity index (χ1) is 5.63. The second-order valence-electron chi connectivity index (χ2n) is 2.46. The van der Waals surface area contributed by atoms with E-state index in [-0.39, 0.29) is 10.6 Å². The molecule has 3 heteroatoms. The van der Waals surface area contributed by atoms with E-state index in [1.807, 2.05) is 31.2 Å². The highest BCUT2D eigenvalue weighted by molar-refractivity contribution is 14.1. The van der Waals surface area contributed by atoms with Gasteiger partial charge in [0.1, 0.15) is 0 Å². The van der Waals surface area contributed by atoms with Crippen LogP contribution < -0.4 is 0 Å². The third-order valence-corrected chi connectivity index (χ3v) is 2.86. The van der Waals surface area contributed by atoms with Crippen molar-refractivity contribution < 1.29 is 4.79 Å². The van der Waals surface area contributed by atoms with Crippen molar-refractivity contribution >= 4 is 44.3 Å². The van der Waals surface area contributed by atoms with Crippen molar-refractivity contribution in [1.82, 2.24) is 0 Å². The SMILES string of the molecule is CC(Br)C(=O)c1ccccc1I. The summed E-state index contributed by atoms with van der Waals surface area (Å²) in [5, 5.41) is 0. The van der Waals surface area contributed by atoms with Gasteiger partial charge in [-0.15, -0.1) is 0 Å². The molecule has 1 rings (SSSR count). The molecule has 64 valence electrons. The van der Waals surface area contributed by atoms with Crippen LogP contribution in [0.5, 0.6) is 0 Å². The Labute approximate surface area is 93.8 Å². The minimum Gasteiger partial charge on any atom is -0.293 e. The van der Waals surface area contributed by atoms with Gasteiger partial charge in [-0.3, -0.25) is 4.79 Å². The van der Waals surface area contributed by atoms with Crippen LogP contribution in [-0.2, 0) is 0 Å². The smallest absolute Gasteiger partial charge is 0.177 e. The summed E-state index contributed by atoms with van der Waals surface area (Å²) in [4.78, 5) is 11.4. The van der Waals surface area contributed by atoms with Gasteiger partial charge in [-0.25, -0.2) is 0 Å². The molecule has 1 unspecified atom stereocenters. The zero-order chi connectivity index (χ0) is 9.14. The summed E-state index contributed by atoms with van der Waals surface area (Å²) in [6, 6.07) is 7.59. The summed E-state index contributed by atoms with van der Waals surface area (Å²) < 4.78 is 1.01. The van der Waals surface area contributed by atoms with Crippen molar-refractivity contribution in [3.63, 3.8) is 0 Å². The summed E-state index contributed by atoms with van der Waals surface area (Å²) in [5.74, 6) is 0.139. The molecule has 1 atom stereocenters. The first-order valence-corrected chi connectivity index (χ1v) is 5.55. The van der Waals surface area contributed by atoms with Crippen LogP contribution in [-0.4, -0.2) is 10.6 Å². The van der Waals surface area contributed by atoms with E-state index in [0.29, 0.717) is 0 Å². The average molecular weight is 339 g/mol. The van der Waals surface area contributed by atoms with Crippen molar-refractivity contribution in [2.45, 2.75) is 11.8 Å². The Morgan fingerprint density at radius 3 is 2.58 bits per heavy atom.